The third-order valence-electron chi connectivity index (χ3n) is 2.24. The number of hydrogen-bond acceptors (Lipinski definition) is 0. The Labute approximate surface area is 103 Å². The Kier molecular flexibility index (Phi) is 4.39. The van der Waals surface area contributed by atoms with Crippen LogP contribution in [0.5, 0.6) is 0 Å². The molecule has 1 rings (SSSR count). The van der Waals surface area contributed by atoms with E-state index in [-0.39, 0.29) is 0 Å². The average Bonchev–Trinajstić information content (AvgIpc) is 2.09. The van der Waals surface area contributed by atoms with Crippen molar-refractivity contribution in [3.63, 3.8) is 0 Å². The minimum Gasteiger partial charge on any atom is -0.0845 e. The molecular formula is C12H14Br2. The lowest BCUT2D eigenvalue weighted by molar-refractivity contribution is 1.15. The molecule has 1 aromatic carbocycles. The molecule has 0 aromatic heterocycles. The van der Waals surface area contributed by atoms with Gasteiger partial charge in [-0.05, 0) is 44.0 Å². The molecule has 14 heavy (non-hydrogen) atoms. The lowest BCUT2D eigenvalue weighted by Gasteiger charge is -2.06. The van der Waals surface area contributed by atoms with Crippen LogP contribution in [0.25, 0.3) is 6.08 Å². The smallest absolute Gasteiger partial charge is 0.0326 e. The van der Waals surface area contributed by atoms with Crippen molar-refractivity contribution in [3.8, 4) is 0 Å². The highest BCUT2D eigenvalue weighted by Crippen LogP contribution is 2.20. The van der Waals surface area contributed by atoms with Crippen molar-refractivity contribution < 1.29 is 0 Å². The Morgan fingerprint density at radius 3 is 2.57 bits per heavy atom. The Hall–Kier alpha value is -0.0800. The molecule has 0 aliphatic rings. The highest BCUT2D eigenvalue weighted by molar-refractivity contribution is 9.10. The van der Waals surface area contributed by atoms with E-state index in [0.29, 0.717) is 4.83 Å². The summed E-state index contributed by atoms with van der Waals surface area (Å²) in [6.45, 7) is 6.41. The lowest BCUT2D eigenvalue weighted by Crippen LogP contribution is -1.91. The maximum Gasteiger partial charge on any atom is 0.0326 e. The van der Waals surface area contributed by atoms with Gasteiger partial charge in [0.05, 0.1) is 0 Å². The second-order valence-corrected chi connectivity index (χ2v) is 5.79. The van der Waals surface area contributed by atoms with E-state index in [0.717, 1.165) is 4.47 Å². The van der Waals surface area contributed by atoms with Gasteiger partial charge in [-0.2, -0.15) is 0 Å². The summed E-state index contributed by atoms with van der Waals surface area (Å²) in [5, 5.41) is 0. The summed E-state index contributed by atoms with van der Waals surface area (Å²) in [5.41, 5.74) is 3.93. The fourth-order valence-corrected chi connectivity index (χ4v) is 1.77. The fourth-order valence-electron chi connectivity index (χ4n) is 1.16. The van der Waals surface area contributed by atoms with E-state index in [1.165, 1.54) is 16.7 Å². The van der Waals surface area contributed by atoms with Crippen molar-refractivity contribution in [2.24, 2.45) is 0 Å². The first-order valence-electron chi connectivity index (χ1n) is 4.59. The molecule has 0 nitrogen and oxygen atoms in total. The molecule has 0 spiro atoms. The van der Waals surface area contributed by atoms with E-state index in [1.54, 1.807) is 0 Å². The van der Waals surface area contributed by atoms with Crippen LogP contribution in [0.4, 0.5) is 0 Å². The van der Waals surface area contributed by atoms with Gasteiger partial charge in [-0.15, -0.1) is 0 Å². The topological polar surface area (TPSA) is 0 Å². The van der Waals surface area contributed by atoms with Crippen molar-refractivity contribution in [2.75, 3.05) is 0 Å². The molecule has 0 radical (unpaired) electrons. The van der Waals surface area contributed by atoms with Gasteiger partial charge in [-0.1, -0.05) is 49.6 Å². The second-order valence-electron chi connectivity index (χ2n) is 3.51. The largest absolute Gasteiger partial charge is 0.0845 e. The first-order chi connectivity index (χ1) is 6.50. The lowest BCUT2D eigenvalue weighted by atomic mass is 10.1. The van der Waals surface area contributed by atoms with Gasteiger partial charge in [-0.3, -0.25) is 0 Å². The normalized spacial score (nSPS) is 14.2. The molecule has 0 bridgehead atoms. The molecule has 0 aliphatic carbocycles. The molecular weight excluding hydrogens is 304 g/mol. The van der Waals surface area contributed by atoms with E-state index in [1.807, 2.05) is 0 Å². The molecule has 0 N–H and O–H groups in total. The van der Waals surface area contributed by atoms with Gasteiger partial charge in [0.25, 0.3) is 0 Å². The van der Waals surface area contributed by atoms with Gasteiger partial charge in [-0.25, -0.2) is 0 Å². The molecule has 0 saturated carbocycles. The highest BCUT2D eigenvalue weighted by Gasteiger charge is 2.00. The average molecular weight is 318 g/mol. The van der Waals surface area contributed by atoms with Crippen LogP contribution >= 0.6 is 31.9 Å². The Morgan fingerprint density at radius 1 is 1.43 bits per heavy atom. The summed E-state index contributed by atoms with van der Waals surface area (Å²) >= 11 is 7.02. The summed E-state index contributed by atoms with van der Waals surface area (Å²) in [5.74, 6) is 0. The predicted octanol–water partition coefficient (Wildman–Crippen LogP) is 4.94. The number of halogens is 2. The molecule has 0 saturated heterocycles. The first-order valence-corrected chi connectivity index (χ1v) is 6.30. The zero-order chi connectivity index (χ0) is 10.7. The van der Waals surface area contributed by atoms with Gasteiger partial charge in [0.15, 0.2) is 0 Å². The maximum atomic E-state index is 3.56. The highest BCUT2D eigenvalue weighted by atomic mass is 79.9. The zero-order valence-electron chi connectivity index (χ0n) is 8.64. The van der Waals surface area contributed by atoms with Gasteiger partial charge in [0.2, 0.25) is 0 Å². The second kappa shape index (κ2) is 5.13. The number of benzene rings is 1. The van der Waals surface area contributed by atoms with Crippen LogP contribution in [-0.4, -0.2) is 4.83 Å². The molecule has 76 valence electrons. The predicted molar refractivity (Wildman–Crippen MR) is 70.9 cm³/mol. The number of rotatable bonds is 2. The maximum absolute atomic E-state index is 3.56. The molecule has 0 fully saturated rings. The Morgan fingerprint density at radius 2 is 2.07 bits per heavy atom. The molecule has 0 amide bonds. The summed E-state index contributed by atoms with van der Waals surface area (Å²) < 4.78 is 1.14. The van der Waals surface area contributed by atoms with Crippen LogP contribution < -0.4 is 0 Å². The Balaban J connectivity index is 3.03. The quantitative estimate of drug-likeness (QED) is 0.677. The van der Waals surface area contributed by atoms with E-state index in [4.69, 9.17) is 0 Å². The minimum absolute atomic E-state index is 0.436. The fraction of sp³-hybridized carbons (Fsp3) is 0.333. The molecule has 1 aromatic rings. The van der Waals surface area contributed by atoms with Gasteiger partial charge < -0.3 is 0 Å². The van der Waals surface area contributed by atoms with Crippen molar-refractivity contribution in [1.29, 1.82) is 0 Å². The van der Waals surface area contributed by atoms with E-state index in [2.05, 4.69) is 76.9 Å². The van der Waals surface area contributed by atoms with E-state index in [9.17, 15) is 0 Å². The van der Waals surface area contributed by atoms with Crippen molar-refractivity contribution in [2.45, 2.75) is 25.6 Å². The Bertz CT molecular complexity index is 351. The number of allylic oxidation sites excluding steroid dienone is 1. The van der Waals surface area contributed by atoms with Crippen molar-refractivity contribution in [1.82, 2.24) is 0 Å². The molecule has 1 atom stereocenters. The summed E-state index contributed by atoms with van der Waals surface area (Å²) in [6, 6.07) is 6.35. The molecule has 2 heteroatoms. The third-order valence-corrected chi connectivity index (χ3v) is 3.46. The number of aryl methyl sites for hydroxylation is 1. The number of hydrogen-bond donors (Lipinski definition) is 0. The van der Waals surface area contributed by atoms with Crippen LogP contribution in [0.1, 0.15) is 25.0 Å². The third kappa shape index (κ3) is 3.25. The SMILES string of the molecule is C/C(=C\c1ccc(Br)cc1C)C(C)Br. The van der Waals surface area contributed by atoms with Crippen LogP contribution in [0.2, 0.25) is 0 Å². The zero-order valence-corrected chi connectivity index (χ0v) is 11.8. The van der Waals surface area contributed by atoms with E-state index < -0.39 is 0 Å². The van der Waals surface area contributed by atoms with Crippen LogP contribution in [0, 0.1) is 6.92 Å². The minimum atomic E-state index is 0.436. The van der Waals surface area contributed by atoms with Crippen molar-refractivity contribution in [3.05, 3.63) is 39.4 Å². The van der Waals surface area contributed by atoms with Gasteiger partial charge in [0, 0.05) is 9.30 Å². The summed E-state index contributed by atoms with van der Waals surface area (Å²) in [6.07, 6.45) is 2.22. The van der Waals surface area contributed by atoms with Crippen LogP contribution in [0.15, 0.2) is 28.2 Å². The summed E-state index contributed by atoms with van der Waals surface area (Å²) in [4.78, 5) is 0.436. The molecule has 0 aliphatic heterocycles. The van der Waals surface area contributed by atoms with Crippen LogP contribution in [-0.2, 0) is 0 Å². The van der Waals surface area contributed by atoms with Gasteiger partial charge in [0.1, 0.15) is 0 Å². The number of alkyl halides is 1. The summed E-state index contributed by atoms with van der Waals surface area (Å²) in [7, 11) is 0. The van der Waals surface area contributed by atoms with E-state index >= 15 is 0 Å². The molecule has 0 heterocycles. The van der Waals surface area contributed by atoms with Gasteiger partial charge >= 0.3 is 0 Å². The standard InChI is InChI=1S/C12H14Br2/c1-8(10(3)13)6-11-4-5-12(14)7-9(11)2/h4-7,10H,1-3H3/b8-6+. The molecule has 1 unspecified atom stereocenters. The van der Waals surface area contributed by atoms with Crippen LogP contribution in [0.3, 0.4) is 0 Å². The monoisotopic (exact) mass is 316 g/mol. The first kappa shape index (κ1) is 12.0. The van der Waals surface area contributed by atoms with Crippen molar-refractivity contribution >= 4 is 37.9 Å².